The highest BCUT2D eigenvalue weighted by Crippen LogP contribution is 2.23. The number of rotatable bonds is 4. The predicted molar refractivity (Wildman–Crippen MR) is 93.7 cm³/mol. The van der Waals surface area contributed by atoms with E-state index in [1.54, 1.807) is 6.20 Å². The minimum absolute atomic E-state index is 0.255. The van der Waals surface area contributed by atoms with E-state index < -0.39 is 0 Å². The normalized spacial score (nSPS) is 18.2. The zero-order valence-electron chi connectivity index (χ0n) is 13.7. The number of H-pyrrole nitrogens is 1. The summed E-state index contributed by atoms with van der Waals surface area (Å²) in [7, 11) is 0. The molecule has 1 fully saturated rings. The average molecular weight is 322 g/mol. The topological polar surface area (TPSA) is 53.9 Å². The monoisotopic (exact) mass is 322 g/mol. The van der Waals surface area contributed by atoms with E-state index in [2.05, 4.69) is 26.7 Å². The number of hydrogen-bond donors (Lipinski definition) is 1. The van der Waals surface area contributed by atoms with Crippen molar-refractivity contribution >= 4 is 16.8 Å². The van der Waals surface area contributed by atoms with Crippen molar-refractivity contribution in [3.63, 3.8) is 0 Å². The van der Waals surface area contributed by atoms with Gasteiger partial charge in [0, 0.05) is 49.0 Å². The second kappa shape index (κ2) is 6.51. The van der Waals surface area contributed by atoms with Crippen LogP contribution >= 0.6 is 0 Å². The summed E-state index contributed by atoms with van der Waals surface area (Å²) in [5.41, 5.74) is 2.36. The molecule has 1 amide bonds. The number of aromatic amines is 1. The van der Waals surface area contributed by atoms with E-state index in [1.807, 2.05) is 35.8 Å². The number of aryl methyl sites for hydroxylation is 1. The number of nitrogens with zero attached hydrogens (tertiary/aromatic N) is 3. The van der Waals surface area contributed by atoms with Gasteiger partial charge in [0.15, 0.2) is 0 Å². The Hall–Kier alpha value is -2.56. The fraction of sp³-hybridized carbons (Fsp3) is 0.368. The van der Waals surface area contributed by atoms with Gasteiger partial charge in [0.2, 0.25) is 5.91 Å². The molecule has 0 saturated carbocycles. The summed E-state index contributed by atoms with van der Waals surface area (Å²) in [6.07, 6.45) is 11.2. The molecule has 0 spiro atoms. The van der Waals surface area contributed by atoms with Crippen molar-refractivity contribution in [2.45, 2.75) is 31.7 Å². The van der Waals surface area contributed by atoms with Gasteiger partial charge in [0.25, 0.3) is 0 Å². The van der Waals surface area contributed by atoms with Gasteiger partial charge in [0.1, 0.15) is 0 Å². The molecule has 5 heteroatoms. The lowest BCUT2D eigenvalue weighted by Crippen LogP contribution is -2.40. The first kappa shape index (κ1) is 15.0. The molecule has 1 aromatic carbocycles. The van der Waals surface area contributed by atoms with Crippen LogP contribution in [0.5, 0.6) is 0 Å². The number of carbonyl (C=O) groups excluding carboxylic acids is 1. The largest absolute Gasteiger partial charge is 0.361 e. The van der Waals surface area contributed by atoms with E-state index in [9.17, 15) is 4.79 Å². The number of benzene rings is 1. The summed E-state index contributed by atoms with van der Waals surface area (Å²) in [4.78, 5) is 22.1. The van der Waals surface area contributed by atoms with Crippen LogP contribution in [-0.2, 0) is 11.2 Å². The van der Waals surface area contributed by atoms with E-state index in [1.165, 1.54) is 10.9 Å². The minimum Gasteiger partial charge on any atom is -0.361 e. The lowest BCUT2D eigenvalue weighted by Gasteiger charge is -2.33. The summed E-state index contributed by atoms with van der Waals surface area (Å²) < 4.78 is 2.12. The number of likely N-dealkylation sites (tertiary alicyclic amines) is 1. The van der Waals surface area contributed by atoms with Gasteiger partial charge >= 0.3 is 0 Å². The molecule has 1 atom stereocenters. The molecule has 3 aromatic rings. The van der Waals surface area contributed by atoms with Gasteiger partial charge in [-0.3, -0.25) is 4.79 Å². The van der Waals surface area contributed by atoms with Crippen molar-refractivity contribution in [2.24, 2.45) is 0 Å². The maximum atomic E-state index is 12.6. The Kier molecular flexibility index (Phi) is 4.07. The molecule has 0 bridgehead atoms. The number of fused-ring (bicyclic) bond motifs is 1. The Morgan fingerprint density at radius 1 is 1.33 bits per heavy atom. The van der Waals surface area contributed by atoms with E-state index >= 15 is 0 Å². The minimum atomic E-state index is 0.255. The molecule has 1 aliphatic heterocycles. The van der Waals surface area contributed by atoms with Gasteiger partial charge in [-0.1, -0.05) is 18.2 Å². The molecule has 1 N–H and O–H groups in total. The molecule has 0 aliphatic carbocycles. The van der Waals surface area contributed by atoms with Crippen molar-refractivity contribution in [3.8, 4) is 0 Å². The number of imidazole rings is 1. The van der Waals surface area contributed by atoms with Gasteiger partial charge in [-0.25, -0.2) is 4.98 Å². The molecule has 5 nitrogen and oxygen atoms in total. The number of amides is 1. The predicted octanol–water partition coefficient (Wildman–Crippen LogP) is 3.16. The number of piperidine rings is 1. The Balaban J connectivity index is 1.39. The molecule has 0 radical (unpaired) electrons. The number of nitrogens with one attached hydrogen (secondary N) is 1. The first-order valence-electron chi connectivity index (χ1n) is 8.61. The molecule has 1 saturated heterocycles. The highest BCUT2D eigenvalue weighted by Gasteiger charge is 2.24. The molecular formula is C19H22N4O. The molecule has 1 aliphatic rings. The number of hydrogen-bond acceptors (Lipinski definition) is 2. The Bertz CT molecular complexity index is 821. The third kappa shape index (κ3) is 2.94. The zero-order valence-corrected chi connectivity index (χ0v) is 13.7. The van der Waals surface area contributed by atoms with Crippen molar-refractivity contribution in [1.29, 1.82) is 0 Å². The van der Waals surface area contributed by atoms with Crippen LogP contribution < -0.4 is 0 Å². The number of aromatic nitrogens is 3. The van der Waals surface area contributed by atoms with E-state index in [-0.39, 0.29) is 5.91 Å². The Morgan fingerprint density at radius 3 is 3.12 bits per heavy atom. The van der Waals surface area contributed by atoms with Crippen LogP contribution in [0.15, 0.2) is 49.2 Å². The van der Waals surface area contributed by atoms with Gasteiger partial charge in [-0.05, 0) is 30.9 Å². The highest BCUT2D eigenvalue weighted by atomic mass is 16.2. The van der Waals surface area contributed by atoms with E-state index in [4.69, 9.17) is 0 Å². The Labute approximate surface area is 141 Å². The van der Waals surface area contributed by atoms with Crippen molar-refractivity contribution < 1.29 is 4.79 Å². The summed E-state index contributed by atoms with van der Waals surface area (Å²) in [5, 5.41) is 1.22. The fourth-order valence-electron chi connectivity index (χ4n) is 3.65. The third-order valence-corrected chi connectivity index (χ3v) is 4.98. The molecule has 2 aromatic heterocycles. The molecule has 3 heterocycles. The SMILES string of the molecule is O=C(CCc1c[nH]c2ccccc12)N1CCC[C@H](n2ccnc2)C1. The standard InChI is InChI=1S/C19H22N4O/c24-19(8-7-15-12-21-18-6-2-1-5-17(15)18)22-10-3-4-16(13-22)23-11-9-20-14-23/h1-2,5-6,9,11-12,14,16,21H,3-4,7-8,10,13H2/t16-/m0/s1. The average Bonchev–Trinajstić information content (AvgIpc) is 3.30. The zero-order chi connectivity index (χ0) is 16.4. The highest BCUT2D eigenvalue weighted by molar-refractivity contribution is 5.84. The van der Waals surface area contributed by atoms with Crippen LogP contribution in [0.3, 0.4) is 0 Å². The van der Waals surface area contributed by atoms with E-state index in [0.717, 1.165) is 37.9 Å². The lowest BCUT2D eigenvalue weighted by molar-refractivity contribution is -0.132. The quantitative estimate of drug-likeness (QED) is 0.802. The van der Waals surface area contributed by atoms with Gasteiger partial charge < -0.3 is 14.5 Å². The Morgan fingerprint density at radius 2 is 2.25 bits per heavy atom. The smallest absolute Gasteiger partial charge is 0.222 e. The summed E-state index contributed by atoms with van der Waals surface area (Å²) in [5.74, 6) is 0.255. The molecule has 24 heavy (non-hydrogen) atoms. The van der Waals surface area contributed by atoms with E-state index in [0.29, 0.717) is 12.5 Å². The summed E-state index contributed by atoms with van der Waals surface area (Å²) in [6.45, 7) is 1.67. The van der Waals surface area contributed by atoms with Crippen LogP contribution in [0, 0.1) is 0 Å². The maximum absolute atomic E-state index is 12.6. The van der Waals surface area contributed by atoms with Crippen LogP contribution in [0.2, 0.25) is 0 Å². The van der Waals surface area contributed by atoms with Gasteiger partial charge in [-0.15, -0.1) is 0 Å². The number of carbonyl (C=O) groups is 1. The first-order chi connectivity index (χ1) is 11.8. The number of para-hydroxylation sites is 1. The second-order valence-corrected chi connectivity index (χ2v) is 6.51. The summed E-state index contributed by atoms with van der Waals surface area (Å²) in [6, 6.07) is 8.61. The van der Waals surface area contributed by atoms with Crippen molar-refractivity contribution in [1.82, 2.24) is 19.4 Å². The van der Waals surface area contributed by atoms with Crippen molar-refractivity contribution in [3.05, 3.63) is 54.7 Å². The van der Waals surface area contributed by atoms with Crippen molar-refractivity contribution in [2.75, 3.05) is 13.1 Å². The second-order valence-electron chi connectivity index (χ2n) is 6.51. The van der Waals surface area contributed by atoms with Crippen LogP contribution in [0.4, 0.5) is 0 Å². The lowest BCUT2D eigenvalue weighted by atomic mass is 10.0. The first-order valence-corrected chi connectivity index (χ1v) is 8.61. The molecule has 4 rings (SSSR count). The van der Waals surface area contributed by atoms with Gasteiger partial charge in [-0.2, -0.15) is 0 Å². The third-order valence-electron chi connectivity index (χ3n) is 4.98. The molecule has 124 valence electrons. The summed E-state index contributed by atoms with van der Waals surface area (Å²) >= 11 is 0. The van der Waals surface area contributed by atoms with Crippen LogP contribution in [0.25, 0.3) is 10.9 Å². The maximum Gasteiger partial charge on any atom is 0.222 e. The molecular weight excluding hydrogens is 300 g/mol. The van der Waals surface area contributed by atoms with Crippen LogP contribution in [0.1, 0.15) is 30.9 Å². The molecule has 0 unspecified atom stereocenters. The fourth-order valence-corrected chi connectivity index (χ4v) is 3.65. The van der Waals surface area contributed by atoms with Gasteiger partial charge in [0.05, 0.1) is 12.4 Å². The van der Waals surface area contributed by atoms with Crippen LogP contribution in [-0.4, -0.2) is 38.4 Å².